The summed E-state index contributed by atoms with van der Waals surface area (Å²) < 4.78 is 8.47. The SMILES string of the molecule is O=C(Cn1ncn2cccc2c1=O)N1CCOc2ccc(Cl)cc2C1. The topological polar surface area (TPSA) is 68.8 Å². The van der Waals surface area contributed by atoms with E-state index in [-0.39, 0.29) is 18.0 Å². The van der Waals surface area contributed by atoms with Gasteiger partial charge in [0, 0.05) is 23.3 Å². The van der Waals surface area contributed by atoms with Crippen LogP contribution in [0.1, 0.15) is 5.56 Å². The Morgan fingerprint density at radius 3 is 3.08 bits per heavy atom. The van der Waals surface area contributed by atoms with Crippen molar-refractivity contribution in [2.24, 2.45) is 0 Å². The van der Waals surface area contributed by atoms with Crippen molar-refractivity contribution in [3.05, 3.63) is 63.8 Å². The van der Waals surface area contributed by atoms with Crippen molar-refractivity contribution < 1.29 is 9.53 Å². The molecule has 0 N–H and O–H groups in total. The highest BCUT2D eigenvalue weighted by Crippen LogP contribution is 2.26. The van der Waals surface area contributed by atoms with Crippen LogP contribution in [-0.4, -0.2) is 38.1 Å². The predicted molar refractivity (Wildman–Crippen MR) is 91.8 cm³/mol. The summed E-state index contributed by atoms with van der Waals surface area (Å²) in [5.41, 5.74) is 1.04. The molecule has 0 spiro atoms. The standard InChI is InChI=1S/C17H15ClN4O3/c18-13-3-4-15-12(8-13)9-20(6-7-25-15)16(23)10-22-17(24)14-2-1-5-21(14)11-19-22/h1-5,8,11H,6-7,9-10H2. The maximum Gasteiger partial charge on any atom is 0.291 e. The van der Waals surface area contributed by atoms with Gasteiger partial charge in [-0.15, -0.1) is 0 Å². The number of aromatic nitrogens is 3. The van der Waals surface area contributed by atoms with Crippen LogP contribution >= 0.6 is 11.6 Å². The van der Waals surface area contributed by atoms with Crippen molar-refractivity contribution >= 4 is 23.0 Å². The van der Waals surface area contributed by atoms with Crippen molar-refractivity contribution in [2.75, 3.05) is 13.2 Å². The molecule has 4 rings (SSSR count). The number of fused-ring (bicyclic) bond motifs is 2. The van der Waals surface area contributed by atoms with Gasteiger partial charge in [0.1, 0.15) is 30.7 Å². The third-order valence-corrected chi connectivity index (χ3v) is 4.42. The molecule has 2 aromatic heterocycles. The largest absolute Gasteiger partial charge is 0.491 e. The Kier molecular flexibility index (Phi) is 3.93. The maximum atomic E-state index is 12.7. The van der Waals surface area contributed by atoms with E-state index >= 15 is 0 Å². The quantitative estimate of drug-likeness (QED) is 0.697. The molecule has 1 aliphatic rings. The number of carbonyl (C=O) groups is 1. The molecule has 7 nitrogen and oxygen atoms in total. The number of ether oxygens (including phenoxy) is 1. The summed E-state index contributed by atoms with van der Waals surface area (Å²) in [7, 11) is 0. The lowest BCUT2D eigenvalue weighted by molar-refractivity contribution is -0.132. The molecule has 0 atom stereocenters. The van der Waals surface area contributed by atoms with Crippen LogP contribution in [-0.2, 0) is 17.9 Å². The fourth-order valence-corrected chi connectivity index (χ4v) is 3.09. The van der Waals surface area contributed by atoms with Gasteiger partial charge in [0.25, 0.3) is 5.56 Å². The molecule has 0 aliphatic carbocycles. The van der Waals surface area contributed by atoms with E-state index in [4.69, 9.17) is 16.3 Å². The molecule has 3 heterocycles. The van der Waals surface area contributed by atoms with Gasteiger partial charge in [0.15, 0.2) is 0 Å². The lowest BCUT2D eigenvalue weighted by Gasteiger charge is -2.20. The van der Waals surface area contributed by atoms with Crippen molar-refractivity contribution in [3.63, 3.8) is 0 Å². The number of rotatable bonds is 2. The molecular formula is C17H15ClN4O3. The van der Waals surface area contributed by atoms with Crippen molar-refractivity contribution in [3.8, 4) is 5.75 Å². The summed E-state index contributed by atoms with van der Waals surface area (Å²) in [6.45, 7) is 1.10. The van der Waals surface area contributed by atoms with Crippen LogP contribution in [0, 0.1) is 0 Å². The second-order valence-electron chi connectivity index (χ2n) is 5.81. The van der Waals surface area contributed by atoms with E-state index in [1.807, 2.05) is 0 Å². The average Bonchev–Trinajstić information content (AvgIpc) is 2.98. The first kappa shape index (κ1) is 15.7. The van der Waals surface area contributed by atoms with E-state index in [2.05, 4.69) is 5.10 Å². The lowest BCUT2D eigenvalue weighted by atomic mass is 10.2. The highest BCUT2D eigenvalue weighted by atomic mass is 35.5. The molecule has 128 valence electrons. The van der Waals surface area contributed by atoms with E-state index in [1.165, 1.54) is 11.0 Å². The monoisotopic (exact) mass is 358 g/mol. The molecule has 25 heavy (non-hydrogen) atoms. The minimum absolute atomic E-state index is 0.115. The number of amides is 1. The Hall–Kier alpha value is -2.80. The van der Waals surface area contributed by atoms with Gasteiger partial charge in [0.05, 0.1) is 6.54 Å². The minimum atomic E-state index is -0.296. The van der Waals surface area contributed by atoms with Gasteiger partial charge in [-0.3, -0.25) is 9.59 Å². The zero-order chi connectivity index (χ0) is 17.4. The van der Waals surface area contributed by atoms with Crippen LogP contribution in [0.25, 0.3) is 5.52 Å². The van der Waals surface area contributed by atoms with Gasteiger partial charge in [0.2, 0.25) is 5.91 Å². The van der Waals surface area contributed by atoms with Crippen molar-refractivity contribution in [2.45, 2.75) is 13.1 Å². The Labute approximate surface area is 148 Å². The second-order valence-corrected chi connectivity index (χ2v) is 6.25. The first-order valence-electron chi connectivity index (χ1n) is 7.83. The molecule has 1 aromatic carbocycles. The summed E-state index contributed by atoms with van der Waals surface area (Å²) in [5, 5.41) is 4.65. The number of hydrogen-bond donors (Lipinski definition) is 0. The van der Waals surface area contributed by atoms with E-state index in [0.29, 0.717) is 30.2 Å². The molecule has 1 aliphatic heterocycles. The maximum absolute atomic E-state index is 12.7. The van der Waals surface area contributed by atoms with E-state index < -0.39 is 0 Å². The Morgan fingerprint density at radius 1 is 1.32 bits per heavy atom. The molecule has 1 amide bonds. The number of nitrogens with zero attached hydrogens (tertiary/aromatic N) is 4. The van der Waals surface area contributed by atoms with Crippen LogP contribution in [0.15, 0.2) is 47.7 Å². The van der Waals surface area contributed by atoms with Gasteiger partial charge in [-0.1, -0.05) is 11.6 Å². The zero-order valence-corrected chi connectivity index (χ0v) is 14.0. The summed E-state index contributed by atoms with van der Waals surface area (Å²) in [6, 6.07) is 8.81. The Bertz CT molecular complexity index is 1010. The highest BCUT2D eigenvalue weighted by molar-refractivity contribution is 6.30. The smallest absolute Gasteiger partial charge is 0.291 e. The van der Waals surface area contributed by atoms with Crippen LogP contribution in [0.4, 0.5) is 0 Å². The molecule has 0 radical (unpaired) electrons. The summed E-state index contributed by atoms with van der Waals surface area (Å²) in [5.74, 6) is 0.534. The fraction of sp³-hybridized carbons (Fsp3) is 0.235. The molecule has 0 unspecified atom stereocenters. The molecule has 0 fully saturated rings. The van der Waals surface area contributed by atoms with E-state index in [0.717, 1.165) is 11.3 Å². The Balaban J connectivity index is 1.58. The molecule has 3 aromatic rings. The minimum Gasteiger partial charge on any atom is -0.491 e. The average molecular weight is 359 g/mol. The summed E-state index contributed by atoms with van der Waals surface area (Å²) in [4.78, 5) is 26.7. The zero-order valence-electron chi connectivity index (χ0n) is 13.3. The molecule has 8 heteroatoms. The van der Waals surface area contributed by atoms with E-state index in [1.54, 1.807) is 45.8 Å². The Morgan fingerprint density at radius 2 is 2.20 bits per heavy atom. The molecular weight excluding hydrogens is 344 g/mol. The van der Waals surface area contributed by atoms with Crippen LogP contribution in [0.2, 0.25) is 5.02 Å². The van der Waals surface area contributed by atoms with Crippen LogP contribution < -0.4 is 10.3 Å². The predicted octanol–water partition coefficient (Wildman–Crippen LogP) is 1.57. The number of carbonyl (C=O) groups excluding carboxylic acids is 1. The first-order valence-corrected chi connectivity index (χ1v) is 8.21. The number of hydrogen-bond acceptors (Lipinski definition) is 4. The third kappa shape index (κ3) is 2.98. The van der Waals surface area contributed by atoms with Crippen LogP contribution in [0.3, 0.4) is 0 Å². The second kappa shape index (κ2) is 6.25. The van der Waals surface area contributed by atoms with Gasteiger partial charge in [-0.2, -0.15) is 5.10 Å². The van der Waals surface area contributed by atoms with Crippen molar-refractivity contribution in [1.29, 1.82) is 0 Å². The first-order chi connectivity index (χ1) is 12.1. The fourth-order valence-electron chi connectivity index (χ4n) is 2.89. The van der Waals surface area contributed by atoms with Crippen LogP contribution in [0.5, 0.6) is 5.75 Å². The number of benzene rings is 1. The third-order valence-electron chi connectivity index (χ3n) is 4.19. The summed E-state index contributed by atoms with van der Waals surface area (Å²) in [6.07, 6.45) is 3.26. The normalized spacial score (nSPS) is 14.0. The van der Waals surface area contributed by atoms with Gasteiger partial charge in [-0.25, -0.2) is 4.68 Å². The van der Waals surface area contributed by atoms with Gasteiger partial charge < -0.3 is 14.0 Å². The van der Waals surface area contributed by atoms with Gasteiger partial charge >= 0.3 is 0 Å². The number of halogens is 1. The molecule has 0 saturated carbocycles. The summed E-state index contributed by atoms with van der Waals surface area (Å²) >= 11 is 6.04. The highest BCUT2D eigenvalue weighted by Gasteiger charge is 2.21. The van der Waals surface area contributed by atoms with E-state index in [9.17, 15) is 9.59 Å². The lowest BCUT2D eigenvalue weighted by Crippen LogP contribution is -2.38. The van der Waals surface area contributed by atoms with Crippen molar-refractivity contribution in [1.82, 2.24) is 19.1 Å². The molecule has 0 saturated heterocycles. The van der Waals surface area contributed by atoms with Gasteiger partial charge in [-0.05, 0) is 30.3 Å². The molecule has 0 bridgehead atoms.